The fourth-order valence-electron chi connectivity index (χ4n) is 3.11. The molecule has 32 heavy (non-hydrogen) atoms. The lowest BCUT2D eigenvalue weighted by atomic mass is 9.92. The maximum absolute atomic E-state index is 14.7. The lowest BCUT2D eigenvalue weighted by Gasteiger charge is -2.53. The molecule has 0 fully saturated rings. The standard InChI is InChI=1S/C19H22F3N5O4S/c1-18(2)16(23)27-19(3,9-32(18,29)30)11-6-10(4-5-12(11)20)26-15(28)13-7-25-14(8-24-13)31-17(21)22/h4-8,17,29-30H,9H2,1-3H3,(H2,23,27)(H,26,28)/t19-/m0/s1. The van der Waals surface area contributed by atoms with Crippen LogP contribution in [0.25, 0.3) is 0 Å². The van der Waals surface area contributed by atoms with Crippen molar-refractivity contribution in [2.45, 2.75) is 37.7 Å². The van der Waals surface area contributed by atoms with Gasteiger partial charge in [0.1, 0.15) is 27.6 Å². The molecular weight excluding hydrogens is 451 g/mol. The molecule has 9 nitrogen and oxygen atoms in total. The Morgan fingerprint density at radius 3 is 2.50 bits per heavy atom. The molecule has 1 aromatic heterocycles. The van der Waals surface area contributed by atoms with E-state index in [4.69, 9.17) is 5.73 Å². The maximum Gasteiger partial charge on any atom is 0.388 e. The van der Waals surface area contributed by atoms with E-state index in [9.17, 15) is 27.1 Å². The molecule has 1 aromatic carbocycles. The molecule has 1 aliphatic rings. The number of aromatic nitrogens is 2. The first-order valence-corrected chi connectivity index (χ1v) is 11.0. The van der Waals surface area contributed by atoms with Gasteiger partial charge in [-0.3, -0.25) is 18.9 Å². The number of nitrogens with two attached hydrogens (primary N) is 1. The average Bonchev–Trinajstić information content (AvgIpc) is 2.67. The largest absolute Gasteiger partial charge is 0.415 e. The molecule has 1 aliphatic heterocycles. The summed E-state index contributed by atoms with van der Waals surface area (Å²) in [5.74, 6) is -2.16. The summed E-state index contributed by atoms with van der Waals surface area (Å²) in [6.45, 7) is 1.53. The van der Waals surface area contributed by atoms with Gasteiger partial charge in [-0.25, -0.2) is 14.4 Å². The number of hydrogen-bond donors (Lipinski definition) is 4. The second-order valence-electron chi connectivity index (χ2n) is 7.86. The Morgan fingerprint density at radius 2 is 1.94 bits per heavy atom. The van der Waals surface area contributed by atoms with Crippen LogP contribution >= 0.6 is 10.6 Å². The molecule has 174 valence electrons. The predicted octanol–water partition coefficient (Wildman–Crippen LogP) is 3.58. The Balaban J connectivity index is 1.88. The summed E-state index contributed by atoms with van der Waals surface area (Å²) in [6, 6.07) is 3.69. The number of alkyl halides is 2. The Morgan fingerprint density at radius 1 is 1.25 bits per heavy atom. The molecule has 2 heterocycles. The number of nitrogens with zero attached hydrogens (tertiary/aromatic N) is 3. The van der Waals surface area contributed by atoms with Crippen LogP contribution in [0.2, 0.25) is 0 Å². The number of amidine groups is 1. The number of carbonyl (C=O) groups excluding carboxylic acids is 1. The summed E-state index contributed by atoms with van der Waals surface area (Å²) in [7, 11) is -3.27. The van der Waals surface area contributed by atoms with Crippen molar-refractivity contribution >= 4 is 28.0 Å². The number of nitrogens with one attached hydrogen (secondary N) is 1. The van der Waals surface area contributed by atoms with E-state index in [1.165, 1.54) is 19.1 Å². The van der Waals surface area contributed by atoms with Gasteiger partial charge in [0, 0.05) is 11.3 Å². The van der Waals surface area contributed by atoms with Crippen molar-refractivity contribution in [3.05, 3.63) is 47.7 Å². The highest BCUT2D eigenvalue weighted by Gasteiger charge is 2.49. The molecule has 5 N–H and O–H groups in total. The minimum atomic E-state index is -3.27. The van der Waals surface area contributed by atoms with E-state index in [1.807, 2.05) is 0 Å². The van der Waals surface area contributed by atoms with E-state index in [-0.39, 0.29) is 28.5 Å². The number of hydrogen-bond acceptors (Lipinski definition) is 8. The van der Waals surface area contributed by atoms with Crippen LogP contribution in [0.4, 0.5) is 18.9 Å². The fourth-order valence-corrected chi connectivity index (χ4v) is 4.85. The summed E-state index contributed by atoms with van der Waals surface area (Å²) < 4.78 is 63.2. The third kappa shape index (κ3) is 4.49. The average molecular weight is 473 g/mol. The summed E-state index contributed by atoms with van der Waals surface area (Å²) in [5.41, 5.74) is 4.55. The van der Waals surface area contributed by atoms with Crippen LogP contribution in [0.1, 0.15) is 36.8 Å². The number of rotatable bonds is 5. The number of carbonyl (C=O) groups is 1. The van der Waals surface area contributed by atoms with Gasteiger partial charge in [-0.2, -0.15) is 19.4 Å². The first kappa shape index (κ1) is 23.8. The number of amides is 1. The van der Waals surface area contributed by atoms with Crippen LogP contribution in [0, 0.1) is 5.82 Å². The number of ether oxygens (including phenoxy) is 1. The van der Waals surface area contributed by atoms with Crippen LogP contribution < -0.4 is 15.8 Å². The highest BCUT2D eigenvalue weighted by molar-refractivity contribution is 8.26. The molecule has 1 amide bonds. The van der Waals surface area contributed by atoms with Gasteiger partial charge in [-0.1, -0.05) is 0 Å². The lowest BCUT2D eigenvalue weighted by molar-refractivity contribution is -0.0531. The number of benzene rings is 1. The van der Waals surface area contributed by atoms with E-state index in [2.05, 4.69) is 25.0 Å². The normalized spacial score (nSPS) is 22.7. The van der Waals surface area contributed by atoms with E-state index < -0.39 is 45.1 Å². The highest BCUT2D eigenvalue weighted by Crippen LogP contribution is 2.59. The highest BCUT2D eigenvalue weighted by atomic mass is 32.3. The SMILES string of the molecule is CC1(C)C(N)=N[C@](C)(c2cc(NC(=O)c3cnc(OC(F)F)cn3)ccc2F)CS1(O)O. The van der Waals surface area contributed by atoms with Crippen LogP contribution in [0.3, 0.4) is 0 Å². The second kappa shape index (κ2) is 8.22. The van der Waals surface area contributed by atoms with Crippen LogP contribution in [-0.4, -0.2) is 47.9 Å². The Kier molecular flexibility index (Phi) is 6.10. The molecule has 2 aromatic rings. The van der Waals surface area contributed by atoms with Crippen molar-refractivity contribution in [2.75, 3.05) is 11.1 Å². The van der Waals surface area contributed by atoms with Gasteiger partial charge in [-0.15, -0.1) is 0 Å². The first-order chi connectivity index (χ1) is 14.7. The van der Waals surface area contributed by atoms with E-state index in [0.717, 1.165) is 18.5 Å². The van der Waals surface area contributed by atoms with E-state index in [1.54, 1.807) is 13.8 Å². The molecule has 0 saturated heterocycles. The molecule has 0 unspecified atom stereocenters. The molecule has 0 saturated carbocycles. The number of anilines is 1. The van der Waals surface area contributed by atoms with Crippen molar-refractivity contribution in [3.8, 4) is 5.88 Å². The minimum Gasteiger partial charge on any atom is -0.415 e. The maximum atomic E-state index is 14.7. The zero-order valence-electron chi connectivity index (χ0n) is 17.3. The summed E-state index contributed by atoms with van der Waals surface area (Å²) in [5, 5.41) is 2.50. The van der Waals surface area contributed by atoms with Gasteiger partial charge >= 0.3 is 6.61 Å². The molecule has 13 heteroatoms. The molecular formula is C19H22F3N5O4S. The van der Waals surface area contributed by atoms with Crippen LogP contribution in [-0.2, 0) is 5.54 Å². The predicted molar refractivity (Wildman–Crippen MR) is 114 cm³/mol. The Hall–Kier alpha value is -2.90. The molecule has 0 bridgehead atoms. The van der Waals surface area contributed by atoms with Crippen molar-refractivity contribution in [1.82, 2.24) is 9.97 Å². The lowest BCUT2D eigenvalue weighted by Crippen LogP contribution is -2.52. The first-order valence-electron chi connectivity index (χ1n) is 9.25. The van der Waals surface area contributed by atoms with Crippen molar-refractivity contribution in [1.29, 1.82) is 0 Å². The van der Waals surface area contributed by atoms with Gasteiger partial charge < -0.3 is 15.8 Å². The molecule has 0 aliphatic carbocycles. The quantitative estimate of drug-likeness (QED) is 0.520. The van der Waals surface area contributed by atoms with Gasteiger partial charge in [0.25, 0.3) is 5.91 Å². The Labute approximate surface area is 183 Å². The number of aliphatic imine (C=N–C) groups is 1. The Bertz CT molecular complexity index is 1070. The third-order valence-corrected chi connectivity index (χ3v) is 7.97. The van der Waals surface area contributed by atoms with Crippen molar-refractivity contribution < 1.29 is 31.8 Å². The third-order valence-electron chi connectivity index (χ3n) is 5.16. The smallest absolute Gasteiger partial charge is 0.388 e. The second-order valence-corrected chi connectivity index (χ2v) is 10.5. The van der Waals surface area contributed by atoms with Gasteiger partial charge in [0.2, 0.25) is 5.88 Å². The van der Waals surface area contributed by atoms with Gasteiger partial charge in [-0.05, 0) is 39.0 Å². The number of halogens is 3. The monoisotopic (exact) mass is 473 g/mol. The zero-order chi connectivity index (χ0) is 23.9. The molecule has 1 atom stereocenters. The van der Waals surface area contributed by atoms with Gasteiger partial charge in [0.05, 0.1) is 18.1 Å². The van der Waals surface area contributed by atoms with E-state index >= 15 is 0 Å². The summed E-state index contributed by atoms with van der Waals surface area (Å²) in [4.78, 5) is 24.0. The molecule has 3 rings (SSSR count). The molecule has 0 spiro atoms. The summed E-state index contributed by atoms with van der Waals surface area (Å²) >= 11 is 0. The fraction of sp³-hybridized carbons (Fsp3) is 0.368. The summed E-state index contributed by atoms with van der Waals surface area (Å²) in [6.07, 6.45) is 1.81. The van der Waals surface area contributed by atoms with Crippen LogP contribution in [0.15, 0.2) is 35.6 Å². The van der Waals surface area contributed by atoms with Crippen molar-refractivity contribution in [2.24, 2.45) is 10.7 Å². The minimum absolute atomic E-state index is 0.000454. The topological polar surface area (TPSA) is 143 Å². The molecule has 0 radical (unpaired) electrons. The van der Waals surface area contributed by atoms with Crippen molar-refractivity contribution in [3.63, 3.8) is 0 Å². The zero-order valence-corrected chi connectivity index (χ0v) is 18.2. The van der Waals surface area contributed by atoms with Gasteiger partial charge in [0.15, 0.2) is 0 Å². The van der Waals surface area contributed by atoms with Crippen LogP contribution in [0.5, 0.6) is 5.88 Å². The van der Waals surface area contributed by atoms with E-state index in [0.29, 0.717) is 0 Å².